The lowest BCUT2D eigenvalue weighted by atomic mass is 9.85. The molecule has 1 aliphatic carbocycles. The highest BCUT2D eigenvalue weighted by atomic mass is 19.1. The number of hydrogen-bond acceptors (Lipinski definition) is 4. The molecule has 154 valence electrons. The van der Waals surface area contributed by atoms with Gasteiger partial charge in [-0.1, -0.05) is 24.3 Å². The summed E-state index contributed by atoms with van der Waals surface area (Å²) in [4.78, 5) is 40.9. The van der Waals surface area contributed by atoms with Crippen LogP contribution in [0, 0.1) is 17.7 Å². The Balaban J connectivity index is 1.18. The van der Waals surface area contributed by atoms with E-state index in [1.165, 1.54) is 17.0 Å². The normalized spacial score (nSPS) is 23.6. The zero-order valence-corrected chi connectivity index (χ0v) is 16.3. The first-order chi connectivity index (χ1) is 14.5. The van der Waals surface area contributed by atoms with Crippen LogP contribution in [0.5, 0.6) is 0 Å². The lowest BCUT2D eigenvalue weighted by molar-refractivity contribution is -0.153. The van der Waals surface area contributed by atoms with Crippen LogP contribution in [0.25, 0.3) is 11.1 Å². The second-order valence-electron chi connectivity index (χ2n) is 8.09. The average molecular weight is 408 g/mol. The Kier molecular flexibility index (Phi) is 4.49. The molecule has 1 aromatic heterocycles. The van der Waals surface area contributed by atoms with Crippen LogP contribution in [-0.2, 0) is 20.9 Å². The maximum Gasteiger partial charge on any atom is 0.244 e. The first-order valence-corrected chi connectivity index (χ1v) is 10.1. The summed E-state index contributed by atoms with van der Waals surface area (Å²) in [5.74, 6) is -1.08. The number of hydrogen-bond donors (Lipinski definition) is 0. The van der Waals surface area contributed by atoms with Crippen molar-refractivity contribution in [3.8, 4) is 11.1 Å². The van der Waals surface area contributed by atoms with E-state index in [0.29, 0.717) is 25.9 Å². The van der Waals surface area contributed by atoms with Crippen molar-refractivity contribution in [2.75, 3.05) is 13.1 Å². The van der Waals surface area contributed by atoms with E-state index in [-0.39, 0.29) is 48.0 Å². The molecule has 2 aliphatic heterocycles. The highest BCUT2D eigenvalue weighted by Crippen LogP contribution is 2.37. The third-order valence-corrected chi connectivity index (χ3v) is 6.23. The Hall–Kier alpha value is -3.29. The van der Waals surface area contributed by atoms with Gasteiger partial charge >= 0.3 is 0 Å². The van der Waals surface area contributed by atoms with Crippen LogP contribution >= 0.6 is 0 Å². The van der Waals surface area contributed by atoms with Crippen molar-refractivity contribution in [2.45, 2.75) is 25.4 Å². The third kappa shape index (κ3) is 3.12. The number of allylic oxidation sites excluding steroid dienone is 2. The number of rotatable bonds is 4. The monoisotopic (exact) mass is 408 g/mol. The molecule has 3 aliphatic rings. The minimum Gasteiger partial charge on any atom is -0.337 e. The molecule has 0 spiro atoms. The maximum atomic E-state index is 13.1. The van der Waals surface area contributed by atoms with Crippen molar-refractivity contribution in [1.82, 2.24) is 19.6 Å². The minimum absolute atomic E-state index is 0.0744. The summed E-state index contributed by atoms with van der Waals surface area (Å²) in [6.45, 7) is 0.815. The smallest absolute Gasteiger partial charge is 0.244 e. The van der Waals surface area contributed by atoms with Crippen LogP contribution in [0.15, 0.2) is 48.8 Å². The summed E-state index contributed by atoms with van der Waals surface area (Å²) in [6, 6.07) is 5.86. The fourth-order valence-electron chi connectivity index (χ4n) is 4.49. The lowest BCUT2D eigenvalue weighted by Crippen LogP contribution is -2.63. The fraction of sp³-hybridized carbons (Fsp3) is 0.364. The summed E-state index contributed by atoms with van der Waals surface area (Å²) < 4.78 is 14.6. The Morgan fingerprint density at radius 1 is 1.00 bits per heavy atom. The van der Waals surface area contributed by atoms with E-state index in [0.717, 1.165) is 11.1 Å². The Labute approximate surface area is 172 Å². The van der Waals surface area contributed by atoms with Gasteiger partial charge in [0.1, 0.15) is 12.4 Å². The number of nitrogens with zero attached hydrogens (tertiary/aromatic N) is 4. The molecule has 2 fully saturated rings. The van der Waals surface area contributed by atoms with E-state index in [4.69, 9.17) is 0 Å². The van der Waals surface area contributed by atoms with Gasteiger partial charge < -0.3 is 4.90 Å². The molecule has 0 unspecified atom stereocenters. The van der Waals surface area contributed by atoms with Crippen LogP contribution in [0.2, 0.25) is 0 Å². The molecule has 3 heterocycles. The zero-order chi connectivity index (χ0) is 20.8. The van der Waals surface area contributed by atoms with Gasteiger partial charge in [0.15, 0.2) is 0 Å². The molecule has 0 saturated carbocycles. The number of fused-ring (bicyclic) bond motifs is 1. The van der Waals surface area contributed by atoms with Gasteiger partial charge in [0.25, 0.3) is 0 Å². The molecule has 8 heteroatoms. The molecule has 1 aromatic carbocycles. The maximum absolute atomic E-state index is 13.1. The van der Waals surface area contributed by atoms with Crippen LogP contribution < -0.4 is 0 Å². The van der Waals surface area contributed by atoms with Crippen molar-refractivity contribution in [3.05, 3.63) is 54.6 Å². The molecule has 3 amide bonds. The number of likely N-dealkylation sites (tertiary alicyclic amines) is 2. The quantitative estimate of drug-likeness (QED) is 0.572. The van der Waals surface area contributed by atoms with Crippen molar-refractivity contribution in [3.63, 3.8) is 0 Å². The summed E-state index contributed by atoms with van der Waals surface area (Å²) in [5.41, 5.74) is 1.62. The van der Waals surface area contributed by atoms with Crippen molar-refractivity contribution in [1.29, 1.82) is 0 Å². The SMILES string of the molecule is O=C(Cn1cc(-c2ccc(F)cc2)cn1)N1CC(N2C(=O)[C@H]3CC=CC[C@@H]3C2=O)C1. The van der Waals surface area contributed by atoms with Gasteiger partial charge in [-0.05, 0) is 30.5 Å². The van der Waals surface area contributed by atoms with Crippen molar-refractivity contribution >= 4 is 17.7 Å². The van der Waals surface area contributed by atoms with Gasteiger partial charge in [0.2, 0.25) is 17.7 Å². The summed E-state index contributed by atoms with van der Waals surface area (Å²) >= 11 is 0. The average Bonchev–Trinajstić information content (AvgIpc) is 3.26. The van der Waals surface area contributed by atoms with E-state index >= 15 is 0 Å². The third-order valence-electron chi connectivity index (χ3n) is 6.23. The zero-order valence-electron chi connectivity index (χ0n) is 16.3. The fourth-order valence-corrected chi connectivity index (χ4v) is 4.49. The topological polar surface area (TPSA) is 75.5 Å². The van der Waals surface area contributed by atoms with Crippen molar-refractivity contribution in [2.24, 2.45) is 11.8 Å². The predicted molar refractivity (Wildman–Crippen MR) is 105 cm³/mol. The molecular formula is C22H21FN4O3. The number of imide groups is 1. The summed E-state index contributed by atoms with van der Waals surface area (Å²) in [5, 5.41) is 4.22. The highest BCUT2D eigenvalue weighted by molar-refractivity contribution is 6.06. The molecule has 2 aromatic rings. The van der Waals surface area contributed by atoms with Crippen LogP contribution in [0.3, 0.4) is 0 Å². The lowest BCUT2D eigenvalue weighted by Gasteiger charge is -2.43. The molecule has 0 N–H and O–H groups in total. The first-order valence-electron chi connectivity index (χ1n) is 10.1. The van der Waals surface area contributed by atoms with E-state index in [1.54, 1.807) is 34.1 Å². The van der Waals surface area contributed by atoms with E-state index in [1.807, 2.05) is 12.2 Å². The Bertz CT molecular complexity index is 1010. The van der Waals surface area contributed by atoms with Crippen LogP contribution in [0.4, 0.5) is 4.39 Å². The Morgan fingerprint density at radius 2 is 1.63 bits per heavy atom. The molecular weight excluding hydrogens is 387 g/mol. The standard InChI is InChI=1S/C22H21FN4O3/c23-16-7-5-14(6-8-16)15-9-24-26(10-15)13-20(28)25-11-17(12-25)27-21(29)18-3-1-2-4-19(18)22(27)30/h1-2,5-10,17-19H,3-4,11-13H2/t18-,19-/m0/s1. The largest absolute Gasteiger partial charge is 0.337 e. The minimum atomic E-state index is -0.306. The van der Waals surface area contributed by atoms with E-state index in [2.05, 4.69) is 5.10 Å². The molecule has 0 radical (unpaired) electrons. The predicted octanol–water partition coefficient (Wildman–Crippen LogP) is 1.85. The molecule has 2 saturated heterocycles. The molecule has 30 heavy (non-hydrogen) atoms. The molecule has 0 bridgehead atoms. The number of aromatic nitrogens is 2. The van der Waals surface area contributed by atoms with E-state index in [9.17, 15) is 18.8 Å². The van der Waals surface area contributed by atoms with Gasteiger partial charge in [0, 0.05) is 24.8 Å². The number of carbonyl (C=O) groups is 3. The Morgan fingerprint density at radius 3 is 2.27 bits per heavy atom. The first kappa shape index (κ1) is 18.7. The molecule has 7 nitrogen and oxygen atoms in total. The summed E-state index contributed by atoms with van der Waals surface area (Å²) in [6.07, 6.45) is 8.56. The van der Waals surface area contributed by atoms with Gasteiger partial charge in [-0.25, -0.2) is 4.39 Å². The second-order valence-corrected chi connectivity index (χ2v) is 8.09. The summed E-state index contributed by atoms with van der Waals surface area (Å²) in [7, 11) is 0. The number of carbonyl (C=O) groups excluding carboxylic acids is 3. The van der Waals surface area contributed by atoms with Gasteiger partial charge in [0.05, 0.1) is 24.1 Å². The van der Waals surface area contributed by atoms with E-state index < -0.39 is 0 Å². The highest BCUT2D eigenvalue weighted by Gasteiger charge is 2.52. The number of halogens is 1. The van der Waals surface area contributed by atoms with Gasteiger partial charge in [-0.3, -0.25) is 24.0 Å². The number of amides is 3. The molecule has 5 rings (SSSR count). The van der Waals surface area contributed by atoms with Gasteiger partial charge in [-0.15, -0.1) is 0 Å². The van der Waals surface area contributed by atoms with Crippen LogP contribution in [0.1, 0.15) is 12.8 Å². The van der Waals surface area contributed by atoms with Gasteiger partial charge in [-0.2, -0.15) is 5.10 Å². The molecule has 2 atom stereocenters. The number of benzene rings is 1. The second kappa shape index (κ2) is 7.19. The van der Waals surface area contributed by atoms with Crippen LogP contribution in [-0.4, -0.2) is 56.4 Å². The van der Waals surface area contributed by atoms with Crippen molar-refractivity contribution < 1.29 is 18.8 Å².